The normalized spacial score (nSPS) is 11.8. The minimum atomic E-state index is -0.582. The topological polar surface area (TPSA) is 38.3 Å². The summed E-state index contributed by atoms with van der Waals surface area (Å²) in [7, 11) is 0. The van der Waals surface area contributed by atoms with E-state index in [0.29, 0.717) is 11.6 Å². The molecule has 0 spiro atoms. The molecule has 0 saturated carbocycles. The Kier molecular flexibility index (Phi) is 5.65. The molecular weight excluding hydrogens is 354 g/mol. The van der Waals surface area contributed by atoms with Crippen LogP contribution in [0.5, 0.6) is 0 Å². The van der Waals surface area contributed by atoms with Crippen molar-refractivity contribution in [2.45, 2.75) is 13.0 Å². The molecule has 0 aromatic heterocycles. The van der Waals surface area contributed by atoms with Crippen LogP contribution in [0, 0.1) is 0 Å². The van der Waals surface area contributed by atoms with Gasteiger partial charge >= 0.3 is 5.97 Å². The van der Waals surface area contributed by atoms with Crippen LogP contribution in [0.3, 0.4) is 0 Å². The van der Waals surface area contributed by atoms with Gasteiger partial charge in [-0.05, 0) is 52.7 Å². The smallest absolute Gasteiger partial charge is 0.333 e. The summed E-state index contributed by atoms with van der Waals surface area (Å²) in [5.74, 6) is -0.324. The van der Waals surface area contributed by atoms with Crippen LogP contribution in [0.15, 0.2) is 53.0 Å². The Hall–Kier alpha value is -1.52. The Bertz CT molecular complexity index is 616. The van der Waals surface area contributed by atoms with E-state index in [-0.39, 0.29) is 5.97 Å². The largest absolute Gasteiger partial charge is 0.464 e. The number of ether oxygens (including phenoxy) is 1. The predicted octanol–water partition coefficient (Wildman–Crippen LogP) is 4.82. The molecule has 1 atom stereocenters. The average molecular weight is 369 g/mol. The van der Waals surface area contributed by atoms with Gasteiger partial charge in [0.2, 0.25) is 0 Å². The van der Waals surface area contributed by atoms with E-state index in [9.17, 15) is 4.79 Å². The molecule has 2 rings (SSSR count). The van der Waals surface area contributed by atoms with Crippen LogP contribution < -0.4 is 5.32 Å². The summed E-state index contributed by atoms with van der Waals surface area (Å²) < 4.78 is 6.03. The van der Waals surface area contributed by atoms with Crippen molar-refractivity contribution in [3.63, 3.8) is 0 Å². The highest BCUT2D eigenvalue weighted by atomic mass is 79.9. The van der Waals surface area contributed by atoms with Gasteiger partial charge in [0, 0.05) is 15.2 Å². The molecule has 3 nitrogen and oxygen atoms in total. The Morgan fingerprint density at radius 2 is 1.90 bits per heavy atom. The van der Waals surface area contributed by atoms with Gasteiger partial charge in [0.25, 0.3) is 0 Å². The van der Waals surface area contributed by atoms with Crippen molar-refractivity contribution in [2.75, 3.05) is 11.9 Å². The van der Waals surface area contributed by atoms with Gasteiger partial charge in [0.1, 0.15) is 0 Å². The molecule has 0 amide bonds. The Morgan fingerprint density at radius 1 is 1.24 bits per heavy atom. The first-order valence-corrected chi connectivity index (χ1v) is 7.72. The fraction of sp³-hybridized carbons (Fsp3) is 0.188. The van der Waals surface area contributed by atoms with Crippen molar-refractivity contribution in [1.82, 2.24) is 0 Å². The number of carbonyl (C=O) groups excluding carboxylic acids is 1. The molecular formula is C16H15BrClNO2. The van der Waals surface area contributed by atoms with Crippen molar-refractivity contribution in [2.24, 2.45) is 0 Å². The molecule has 1 unspecified atom stereocenters. The van der Waals surface area contributed by atoms with Crippen molar-refractivity contribution in [1.29, 1.82) is 0 Å². The van der Waals surface area contributed by atoms with E-state index >= 15 is 0 Å². The standard InChI is InChI=1S/C16H15BrClNO2/c1-2-21-16(20)15(11-7-9-12(18)10-8-11)19-14-6-4-3-5-13(14)17/h3-10,15,19H,2H2,1H3. The number of nitrogens with one attached hydrogen (secondary N) is 1. The van der Waals surface area contributed by atoms with Gasteiger partial charge < -0.3 is 10.1 Å². The first-order valence-electron chi connectivity index (χ1n) is 6.55. The van der Waals surface area contributed by atoms with Crippen molar-refractivity contribution < 1.29 is 9.53 Å². The first kappa shape index (κ1) is 15.9. The maximum atomic E-state index is 12.2. The van der Waals surface area contributed by atoms with E-state index < -0.39 is 6.04 Å². The average Bonchev–Trinajstić information content (AvgIpc) is 2.48. The van der Waals surface area contributed by atoms with Crippen LogP contribution in [0.4, 0.5) is 5.69 Å². The number of halogens is 2. The molecule has 0 aliphatic rings. The second kappa shape index (κ2) is 7.48. The third-order valence-corrected chi connectivity index (χ3v) is 3.84. The van der Waals surface area contributed by atoms with Gasteiger partial charge in [-0.1, -0.05) is 35.9 Å². The van der Waals surface area contributed by atoms with E-state index in [2.05, 4.69) is 21.2 Å². The van der Waals surface area contributed by atoms with Crippen LogP contribution in [0.2, 0.25) is 5.02 Å². The van der Waals surface area contributed by atoms with E-state index in [1.54, 1.807) is 19.1 Å². The highest BCUT2D eigenvalue weighted by Gasteiger charge is 2.22. The zero-order valence-electron chi connectivity index (χ0n) is 11.5. The van der Waals surface area contributed by atoms with Gasteiger partial charge in [-0.15, -0.1) is 0 Å². The number of hydrogen-bond donors (Lipinski definition) is 1. The van der Waals surface area contributed by atoms with E-state index in [0.717, 1.165) is 15.7 Å². The van der Waals surface area contributed by atoms with Crippen LogP contribution in [0.1, 0.15) is 18.5 Å². The minimum Gasteiger partial charge on any atom is -0.464 e. The maximum Gasteiger partial charge on any atom is 0.333 e. The number of hydrogen-bond acceptors (Lipinski definition) is 3. The molecule has 0 aliphatic heterocycles. The summed E-state index contributed by atoms with van der Waals surface area (Å²) in [6.07, 6.45) is 0. The zero-order valence-corrected chi connectivity index (χ0v) is 13.8. The third-order valence-electron chi connectivity index (χ3n) is 2.90. The summed E-state index contributed by atoms with van der Waals surface area (Å²) in [5.41, 5.74) is 1.62. The second-order valence-corrected chi connectivity index (χ2v) is 5.65. The molecule has 110 valence electrons. The summed E-state index contributed by atoms with van der Waals surface area (Å²) in [5, 5.41) is 3.83. The molecule has 2 aromatic rings. The fourth-order valence-electron chi connectivity index (χ4n) is 1.89. The predicted molar refractivity (Wildman–Crippen MR) is 88.6 cm³/mol. The summed E-state index contributed by atoms with van der Waals surface area (Å²) in [6.45, 7) is 2.12. The van der Waals surface area contributed by atoms with E-state index in [1.807, 2.05) is 36.4 Å². The van der Waals surface area contributed by atoms with E-state index in [4.69, 9.17) is 16.3 Å². The molecule has 0 bridgehead atoms. The number of rotatable bonds is 5. The third kappa shape index (κ3) is 4.22. The number of benzene rings is 2. The lowest BCUT2D eigenvalue weighted by Crippen LogP contribution is -2.23. The lowest BCUT2D eigenvalue weighted by molar-refractivity contribution is -0.144. The van der Waals surface area contributed by atoms with Gasteiger partial charge in [-0.3, -0.25) is 0 Å². The number of anilines is 1. The van der Waals surface area contributed by atoms with E-state index in [1.165, 1.54) is 0 Å². The molecule has 0 saturated heterocycles. The number of para-hydroxylation sites is 1. The van der Waals surface area contributed by atoms with Crippen molar-refractivity contribution in [3.8, 4) is 0 Å². The highest BCUT2D eigenvalue weighted by molar-refractivity contribution is 9.10. The number of carbonyl (C=O) groups is 1. The number of esters is 1. The zero-order chi connectivity index (χ0) is 15.2. The molecule has 0 radical (unpaired) electrons. The summed E-state index contributed by atoms with van der Waals surface area (Å²) in [6, 6.07) is 14.2. The SMILES string of the molecule is CCOC(=O)C(Nc1ccccc1Br)c1ccc(Cl)cc1. The van der Waals surface area contributed by atoms with Crippen LogP contribution in [-0.2, 0) is 9.53 Å². The first-order chi connectivity index (χ1) is 10.1. The van der Waals surface area contributed by atoms with Crippen molar-refractivity contribution in [3.05, 3.63) is 63.6 Å². The highest BCUT2D eigenvalue weighted by Crippen LogP contribution is 2.27. The Balaban J connectivity index is 2.30. The summed E-state index contributed by atoms with van der Waals surface area (Å²) in [4.78, 5) is 12.2. The lowest BCUT2D eigenvalue weighted by atomic mass is 10.1. The van der Waals surface area contributed by atoms with Crippen LogP contribution >= 0.6 is 27.5 Å². The molecule has 0 heterocycles. The molecule has 21 heavy (non-hydrogen) atoms. The minimum absolute atomic E-state index is 0.324. The lowest BCUT2D eigenvalue weighted by Gasteiger charge is -2.19. The maximum absolute atomic E-state index is 12.2. The van der Waals surface area contributed by atoms with Gasteiger partial charge in [-0.2, -0.15) is 0 Å². The molecule has 0 fully saturated rings. The second-order valence-electron chi connectivity index (χ2n) is 4.36. The Morgan fingerprint density at radius 3 is 2.52 bits per heavy atom. The van der Waals surface area contributed by atoms with Gasteiger partial charge in [0.15, 0.2) is 6.04 Å². The monoisotopic (exact) mass is 367 g/mol. The van der Waals surface area contributed by atoms with Gasteiger partial charge in [-0.25, -0.2) is 4.79 Å². The molecule has 0 aliphatic carbocycles. The van der Waals surface area contributed by atoms with Crippen LogP contribution in [-0.4, -0.2) is 12.6 Å². The summed E-state index contributed by atoms with van der Waals surface area (Å²) >= 11 is 9.36. The molecule has 2 aromatic carbocycles. The fourth-order valence-corrected chi connectivity index (χ4v) is 2.42. The molecule has 5 heteroatoms. The van der Waals surface area contributed by atoms with Gasteiger partial charge in [0.05, 0.1) is 6.61 Å². The quantitative estimate of drug-likeness (QED) is 0.769. The van der Waals surface area contributed by atoms with Crippen molar-refractivity contribution >= 4 is 39.2 Å². The Labute approximate surface area is 137 Å². The molecule has 1 N–H and O–H groups in total. The van der Waals surface area contributed by atoms with Crippen LogP contribution in [0.25, 0.3) is 0 Å².